The summed E-state index contributed by atoms with van der Waals surface area (Å²) in [6.45, 7) is 9.18. The van der Waals surface area contributed by atoms with Crippen molar-refractivity contribution in [2.75, 3.05) is 32.7 Å². The second-order valence-corrected chi connectivity index (χ2v) is 8.17. The lowest BCUT2D eigenvalue weighted by Crippen LogP contribution is -2.51. The van der Waals surface area contributed by atoms with E-state index in [0.29, 0.717) is 11.8 Å². The zero-order valence-electron chi connectivity index (χ0n) is 15.2. The first-order valence-corrected chi connectivity index (χ1v) is 9.34. The Balaban J connectivity index is 0.00000208. The van der Waals surface area contributed by atoms with E-state index in [1.54, 1.807) is 0 Å². The summed E-state index contributed by atoms with van der Waals surface area (Å²) >= 11 is 0. The van der Waals surface area contributed by atoms with Gasteiger partial charge in [0.25, 0.3) is 0 Å². The van der Waals surface area contributed by atoms with Crippen molar-refractivity contribution < 1.29 is 4.79 Å². The molecule has 2 saturated heterocycles. The van der Waals surface area contributed by atoms with Gasteiger partial charge in [0, 0.05) is 44.6 Å². The molecule has 2 aliphatic heterocycles. The molecule has 1 saturated carbocycles. The molecule has 1 spiro atoms. The summed E-state index contributed by atoms with van der Waals surface area (Å²) in [4.78, 5) is 19.1. The van der Waals surface area contributed by atoms with Crippen LogP contribution in [0.5, 0.6) is 0 Å². The van der Waals surface area contributed by atoms with Gasteiger partial charge >= 0.3 is 0 Å². The van der Waals surface area contributed by atoms with Crippen LogP contribution in [0.3, 0.4) is 0 Å². The molecule has 6 heteroatoms. The molecule has 0 aromatic carbocycles. The molecule has 1 atom stereocenters. The third-order valence-corrected chi connectivity index (χ3v) is 5.91. The number of nitrogens with zero attached hydrogens (tertiary/aromatic N) is 2. The minimum Gasteiger partial charge on any atom is -0.357 e. The molecule has 1 unspecified atom stereocenters. The molecule has 5 nitrogen and oxygen atoms in total. The molecular formula is C18H33IN4O. The lowest BCUT2D eigenvalue weighted by Gasteiger charge is -2.41. The van der Waals surface area contributed by atoms with Gasteiger partial charge in [0.15, 0.2) is 5.96 Å². The van der Waals surface area contributed by atoms with Crippen LogP contribution in [0.15, 0.2) is 4.99 Å². The fourth-order valence-corrected chi connectivity index (χ4v) is 4.51. The van der Waals surface area contributed by atoms with Crippen LogP contribution in [-0.4, -0.2) is 49.5 Å². The second-order valence-electron chi connectivity index (χ2n) is 8.17. The number of likely N-dealkylation sites (tertiary alicyclic amines) is 1. The molecule has 24 heavy (non-hydrogen) atoms. The summed E-state index contributed by atoms with van der Waals surface area (Å²) < 4.78 is 0. The number of hydrogen-bond acceptors (Lipinski definition) is 2. The number of hydrogen-bond donors (Lipinski definition) is 2. The van der Waals surface area contributed by atoms with Gasteiger partial charge in [-0.25, -0.2) is 0 Å². The van der Waals surface area contributed by atoms with Crippen LogP contribution in [0.4, 0.5) is 0 Å². The van der Waals surface area contributed by atoms with E-state index in [0.717, 1.165) is 51.5 Å². The van der Waals surface area contributed by atoms with Gasteiger partial charge in [0.1, 0.15) is 0 Å². The topological polar surface area (TPSA) is 56.7 Å². The van der Waals surface area contributed by atoms with Gasteiger partial charge in [-0.1, -0.05) is 19.8 Å². The number of carbonyl (C=O) groups is 1. The van der Waals surface area contributed by atoms with Crippen molar-refractivity contribution in [3.8, 4) is 0 Å². The molecule has 0 aromatic heterocycles. The summed E-state index contributed by atoms with van der Waals surface area (Å²) in [7, 11) is 0. The van der Waals surface area contributed by atoms with Gasteiger partial charge in [0.05, 0.1) is 0 Å². The van der Waals surface area contributed by atoms with Crippen molar-refractivity contribution in [1.82, 2.24) is 15.5 Å². The lowest BCUT2D eigenvalue weighted by molar-refractivity contribution is -0.119. The maximum absolute atomic E-state index is 11.7. The normalized spacial score (nSPS) is 29.5. The SMILES string of the molecule is CCNC(=NCC1(C)CCCC1)N1CCCC2(CNC(=O)C2)C1.I. The Morgan fingerprint density at radius 2 is 2.04 bits per heavy atom. The van der Waals surface area contributed by atoms with Crippen LogP contribution < -0.4 is 10.6 Å². The molecular weight excluding hydrogens is 415 g/mol. The molecule has 0 bridgehead atoms. The summed E-state index contributed by atoms with van der Waals surface area (Å²) in [5, 5.41) is 6.51. The molecule has 3 rings (SSSR count). The number of guanidine groups is 1. The molecule has 0 aromatic rings. The van der Waals surface area contributed by atoms with E-state index in [2.05, 4.69) is 29.4 Å². The highest BCUT2D eigenvalue weighted by Crippen LogP contribution is 2.38. The van der Waals surface area contributed by atoms with E-state index in [9.17, 15) is 4.79 Å². The quantitative estimate of drug-likeness (QED) is 0.397. The van der Waals surface area contributed by atoms with Crippen molar-refractivity contribution in [1.29, 1.82) is 0 Å². The molecule has 0 radical (unpaired) electrons. The van der Waals surface area contributed by atoms with Gasteiger partial charge in [0.2, 0.25) is 5.91 Å². The fourth-order valence-electron chi connectivity index (χ4n) is 4.51. The van der Waals surface area contributed by atoms with Crippen LogP contribution in [0, 0.1) is 10.8 Å². The van der Waals surface area contributed by atoms with E-state index < -0.39 is 0 Å². The third-order valence-electron chi connectivity index (χ3n) is 5.91. The highest BCUT2D eigenvalue weighted by molar-refractivity contribution is 14.0. The van der Waals surface area contributed by atoms with Crippen LogP contribution in [0.2, 0.25) is 0 Å². The Labute approximate surface area is 163 Å². The van der Waals surface area contributed by atoms with E-state index in [-0.39, 0.29) is 35.3 Å². The number of rotatable bonds is 3. The summed E-state index contributed by atoms with van der Waals surface area (Å²) in [6.07, 6.45) is 8.29. The highest BCUT2D eigenvalue weighted by atomic mass is 127. The van der Waals surface area contributed by atoms with E-state index >= 15 is 0 Å². The Kier molecular flexibility index (Phi) is 6.79. The first-order valence-electron chi connectivity index (χ1n) is 9.34. The minimum absolute atomic E-state index is 0. The number of amides is 1. The van der Waals surface area contributed by atoms with Gasteiger partial charge in [-0.2, -0.15) is 0 Å². The second kappa shape index (κ2) is 8.23. The molecule has 1 amide bonds. The van der Waals surface area contributed by atoms with Crippen molar-refractivity contribution in [3.05, 3.63) is 0 Å². The largest absolute Gasteiger partial charge is 0.357 e. The Morgan fingerprint density at radius 3 is 2.67 bits per heavy atom. The monoisotopic (exact) mass is 448 g/mol. The number of piperidine rings is 1. The molecule has 3 aliphatic rings. The van der Waals surface area contributed by atoms with Crippen LogP contribution in [0.25, 0.3) is 0 Å². The summed E-state index contributed by atoms with van der Waals surface area (Å²) in [5.41, 5.74) is 0.516. The van der Waals surface area contributed by atoms with Gasteiger partial charge in [-0.3, -0.25) is 9.79 Å². The van der Waals surface area contributed by atoms with Crippen molar-refractivity contribution in [3.63, 3.8) is 0 Å². The highest BCUT2D eigenvalue weighted by Gasteiger charge is 2.42. The fraction of sp³-hybridized carbons (Fsp3) is 0.889. The van der Waals surface area contributed by atoms with Crippen molar-refractivity contribution in [2.45, 2.75) is 58.8 Å². The maximum Gasteiger partial charge on any atom is 0.220 e. The summed E-state index contributed by atoms with van der Waals surface area (Å²) in [6, 6.07) is 0. The zero-order chi connectivity index (χ0) is 16.3. The zero-order valence-corrected chi connectivity index (χ0v) is 17.5. The van der Waals surface area contributed by atoms with E-state index in [1.165, 1.54) is 25.7 Å². The van der Waals surface area contributed by atoms with Crippen molar-refractivity contribution in [2.24, 2.45) is 15.8 Å². The van der Waals surface area contributed by atoms with Gasteiger partial charge < -0.3 is 15.5 Å². The van der Waals surface area contributed by atoms with Crippen LogP contribution in [-0.2, 0) is 4.79 Å². The molecule has 138 valence electrons. The first kappa shape index (κ1) is 19.8. The Morgan fingerprint density at radius 1 is 1.29 bits per heavy atom. The minimum atomic E-state index is 0. The van der Waals surface area contributed by atoms with E-state index in [1.807, 2.05) is 0 Å². The standard InChI is InChI=1S/C18H32N4O.HI/c1-3-19-16(21-12-17(2)7-4-5-8-17)22-10-6-9-18(14-22)11-15(23)20-13-18;/h3-14H2,1-2H3,(H,19,21)(H,20,23);1H. The average Bonchev–Trinajstić information content (AvgIpc) is 3.11. The lowest BCUT2D eigenvalue weighted by atomic mass is 9.79. The predicted octanol–water partition coefficient (Wildman–Crippen LogP) is 2.75. The number of halogens is 1. The van der Waals surface area contributed by atoms with Gasteiger partial charge in [-0.15, -0.1) is 24.0 Å². The predicted molar refractivity (Wildman–Crippen MR) is 109 cm³/mol. The maximum atomic E-state index is 11.7. The molecule has 2 N–H and O–H groups in total. The van der Waals surface area contributed by atoms with Crippen LogP contribution in [0.1, 0.15) is 58.8 Å². The van der Waals surface area contributed by atoms with Crippen LogP contribution >= 0.6 is 24.0 Å². The first-order chi connectivity index (χ1) is 11.0. The number of carbonyl (C=O) groups excluding carboxylic acids is 1. The molecule has 2 heterocycles. The summed E-state index contributed by atoms with van der Waals surface area (Å²) in [5.74, 6) is 1.27. The number of nitrogens with one attached hydrogen (secondary N) is 2. The molecule has 1 aliphatic carbocycles. The van der Waals surface area contributed by atoms with E-state index in [4.69, 9.17) is 4.99 Å². The Hall–Kier alpha value is -0.530. The Bertz CT molecular complexity index is 476. The average molecular weight is 448 g/mol. The van der Waals surface area contributed by atoms with Gasteiger partial charge in [-0.05, 0) is 38.0 Å². The number of aliphatic imine (C=N–C) groups is 1. The smallest absolute Gasteiger partial charge is 0.220 e. The van der Waals surface area contributed by atoms with Crippen molar-refractivity contribution >= 4 is 35.8 Å². The molecule has 3 fully saturated rings. The third kappa shape index (κ3) is 4.55.